The van der Waals surface area contributed by atoms with Crippen molar-refractivity contribution >= 4 is 29.6 Å². The molecule has 1 aromatic rings. The molecule has 1 aliphatic heterocycles. The quantitative estimate of drug-likeness (QED) is 0.722. The summed E-state index contributed by atoms with van der Waals surface area (Å²) in [6.45, 7) is 9.12. The van der Waals surface area contributed by atoms with Gasteiger partial charge in [-0.2, -0.15) is 0 Å². The third kappa shape index (κ3) is 5.73. The van der Waals surface area contributed by atoms with Crippen LogP contribution in [0.25, 0.3) is 0 Å². The number of amides is 1. The summed E-state index contributed by atoms with van der Waals surface area (Å²) < 4.78 is 10.6. The monoisotopic (exact) mass is 393 g/mol. The normalized spacial score (nSPS) is 20.3. The SMILES string of the molecule is CCOC(=O)[C@@H]1CCC(=O)[C@@H](Sc2cccc(C)c2)N1C(=O)OC(C)(C)C. The van der Waals surface area contributed by atoms with Gasteiger partial charge in [0.15, 0.2) is 5.78 Å². The largest absolute Gasteiger partial charge is 0.464 e. The average Bonchev–Trinajstić information content (AvgIpc) is 2.55. The second-order valence-corrected chi connectivity index (χ2v) is 8.60. The van der Waals surface area contributed by atoms with Gasteiger partial charge < -0.3 is 9.47 Å². The highest BCUT2D eigenvalue weighted by atomic mass is 32.2. The third-order valence-corrected chi connectivity index (χ3v) is 5.17. The zero-order chi connectivity index (χ0) is 20.2. The molecule has 1 heterocycles. The fourth-order valence-electron chi connectivity index (χ4n) is 2.81. The lowest BCUT2D eigenvalue weighted by Crippen LogP contribution is -2.57. The van der Waals surface area contributed by atoms with E-state index in [4.69, 9.17) is 9.47 Å². The van der Waals surface area contributed by atoms with Gasteiger partial charge in [-0.05, 0) is 53.2 Å². The Balaban J connectivity index is 2.36. The number of nitrogens with zero attached hydrogens (tertiary/aromatic N) is 1. The molecule has 27 heavy (non-hydrogen) atoms. The Kier molecular flexibility index (Phi) is 6.92. The first-order chi connectivity index (χ1) is 12.6. The molecule has 0 N–H and O–H groups in total. The summed E-state index contributed by atoms with van der Waals surface area (Å²) in [5, 5.41) is -0.829. The standard InChI is InChI=1S/C20H27NO5S/c1-6-25-18(23)15-10-11-16(22)17(21(15)19(24)26-20(3,4)5)27-14-9-7-8-13(2)12-14/h7-9,12,15,17H,6,10-11H2,1-5H3/t15-,17+/m0/s1. The number of carbonyl (C=O) groups is 3. The maximum atomic E-state index is 12.9. The number of aryl methyl sites for hydroxylation is 1. The molecule has 0 unspecified atom stereocenters. The van der Waals surface area contributed by atoms with Gasteiger partial charge in [-0.1, -0.05) is 29.5 Å². The van der Waals surface area contributed by atoms with Crippen LogP contribution < -0.4 is 0 Å². The summed E-state index contributed by atoms with van der Waals surface area (Å²) >= 11 is 1.26. The number of hydrogen-bond acceptors (Lipinski definition) is 6. The van der Waals surface area contributed by atoms with Crippen molar-refractivity contribution in [3.63, 3.8) is 0 Å². The van der Waals surface area contributed by atoms with Crippen molar-refractivity contribution in [1.82, 2.24) is 4.90 Å². The minimum Gasteiger partial charge on any atom is -0.464 e. The molecule has 2 rings (SSSR count). The van der Waals surface area contributed by atoms with Gasteiger partial charge in [0, 0.05) is 11.3 Å². The van der Waals surface area contributed by atoms with Gasteiger partial charge >= 0.3 is 12.1 Å². The zero-order valence-corrected chi connectivity index (χ0v) is 17.3. The molecule has 1 aliphatic rings. The lowest BCUT2D eigenvalue weighted by atomic mass is 10.0. The van der Waals surface area contributed by atoms with E-state index in [2.05, 4.69) is 0 Å². The molecular formula is C20H27NO5S. The zero-order valence-electron chi connectivity index (χ0n) is 16.5. The van der Waals surface area contributed by atoms with Gasteiger partial charge in [-0.15, -0.1) is 0 Å². The summed E-state index contributed by atoms with van der Waals surface area (Å²) in [6, 6.07) is 6.84. The third-order valence-electron chi connectivity index (χ3n) is 3.93. The van der Waals surface area contributed by atoms with Crippen LogP contribution in [0.15, 0.2) is 29.2 Å². The van der Waals surface area contributed by atoms with Crippen molar-refractivity contribution in [2.45, 2.75) is 69.4 Å². The highest BCUT2D eigenvalue weighted by molar-refractivity contribution is 8.00. The van der Waals surface area contributed by atoms with Gasteiger partial charge in [0.25, 0.3) is 0 Å². The van der Waals surface area contributed by atoms with E-state index in [1.54, 1.807) is 27.7 Å². The van der Waals surface area contributed by atoms with Gasteiger partial charge in [0.2, 0.25) is 0 Å². The van der Waals surface area contributed by atoms with Crippen LogP contribution in [-0.4, -0.2) is 46.4 Å². The maximum absolute atomic E-state index is 12.9. The fraction of sp³-hybridized carbons (Fsp3) is 0.550. The highest BCUT2D eigenvalue weighted by Gasteiger charge is 2.45. The Morgan fingerprint density at radius 1 is 1.30 bits per heavy atom. The number of likely N-dealkylation sites (tertiary alicyclic amines) is 1. The second kappa shape index (κ2) is 8.78. The molecule has 0 aromatic heterocycles. The van der Waals surface area contributed by atoms with Gasteiger partial charge in [0.05, 0.1) is 6.61 Å². The molecule has 2 atom stereocenters. The Morgan fingerprint density at radius 2 is 2.00 bits per heavy atom. The molecule has 0 saturated carbocycles. The van der Waals surface area contributed by atoms with Crippen molar-refractivity contribution in [2.24, 2.45) is 0 Å². The first-order valence-electron chi connectivity index (χ1n) is 9.06. The Bertz CT molecular complexity index is 713. The van der Waals surface area contributed by atoms with E-state index in [1.807, 2.05) is 31.2 Å². The number of esters is 1. The van der Waals surface area contributed by atoms with Gasteiger partial charge in [-0.25, -0.2) is 9.59 Å². The number of Topliss-reactive ketones (excluding diaryl/α,β-unsaturated/α-hetero) is 1. The predicted octanol–water partition coefficient (Wildman–Crippen LogP) is 3.94. The van der Waals surface area contributed by atoms with Crippen LogP contribution in [0.1, 0.15) is 46.1 Å². The minimum absolute atomic E-state index is 0.104. The minimum atomic E-state index is -0.834. The number of hydrogen-bond donors (Lipinski definition) is 0. The van der Waals surface area contributed by atoms with Crippen LogP contribution in [0.3, 0.4) is 0 Å². The van der Waals surface area contributed by atoms with Crippen LogP contribution in [0.2, 0.25) is 0 Å². The highest BCUT2D eigenvalue weighted by Crippen LogP contribution is 2.35. The molecule has 0 radical (unpaired) electrons. The Labute approximate surface area is 164 Å². The number of carbonyl (C=O) groups excluding carboxylic acids is 3. The van der Waals surface area contributed by atoms with E-state index in [1.165, 1.54) is 16.7 Å². The summed E-state index contributed by atoms with van der Waals surface area (Å²) in [7, 11) is 0. The van der Waals surface area contributed by atoms with Crippen molar-refractivity contribution in [1.29, 1.82) is 0 Å². The predicted molar refractivity (Wildman–Crippen MR) is 104 cm³/mol. The van der Waals surface area contributed by atoms with Crippen LogP contribution >= 0.6 is 11.8 Å². The van der Waals surface area contributed by atoms with E-state index in [-0.39, 0.29) is 25.2 Å². The molecule has 0 aliphatic carbocycles. The average molecular weight is 394 g/mol. The lowest BCUT2D eigenvalue weighted by Gasteiger charge is -2.39. The lowest BCUT2D eigenvalue weighted by molar-refractivity contribution is -0.152. The molecule has 1 saturated heterocycles. The number of benzene rings is 1. The fourth-order valence-corrected chi connectivity index (χ4v) is 4.07. The first kappa shape index (κ1) is 21.3. The van der Waals surface area contributed by atoms with Crippen LogP contribution in [0, 0.1) is 6.92 Å². The smallest absolute Gasteiger partial charge is 0.412 e. The van der Waals surface area contributed by atoms with Crippen LogP contribution in [-0.2, 0) is 19.1 Å². The van der Waals surface area contributed by atoms with E-state index in [9.17, 15) is 14.4 Å². The van der Waals surface area contributed by atoms with Crippen LogP contribution in [0.5, 0.6) is 0 Å². The molecule has 148 valence electrons. The molecule has 1 fully saturated rings. The van der Waals surface area contributed by atoms with E-state index in [0.717, 1.165) is 10.5 Å². The van der Waals surface area contributed by atoms with Crippen molar-refractivity contribution < 1.29 is 23.9 Å². The van der Waals surface area contributed by atoms with Crippen molar-refractivity contribution in [2.75, 3.05) is 6.61 Å². The van der Waals surface area contributed by atoms with Crippen molar-refractivity contribution in [3.8, 4) is 0 Å². The molecule has 6 nitrogen and oxygen atoms in total. The number of thioether (sulfide) groups is 1. The van der Waals surface area contributed by atoms with Gasteiger partial charge in [-0.3, -0.25) is 9.69 Å². The molecule has 1 amide bonds. The Morgan fingerprint density at radius 3 is 2.59 bits per heavy atom. The van der Waals surface area contributed by atoms with E-state index < -0.39 is 29.1 Å². The number of piperidine rings is 1. The summed E-state index contributed by atoms with van der Waals surface area (Å²) in [5.74, 6) is -0.612. The topological polar surface area (TPSA) is 72.9 Å². The Hall–Kier alpha value is -2.02. The van der Waals surface area contributed by atoms with E-state index in [0.29, 0.717) is 0 Å². The molecule has 1 aromatic carbocycles. The second-order valence-electron chi connectivity index (χ2n) is 7.45. The number of ether oxygens (including phenoxy) is 2. The molecular weight excluding hydrogens is 366 g/mol. The summed E-state index contributed by atoms with van der Waals surface area (Å²) in [4.78, 5) is 40.1. The maximum Gasteiger partial charge on any atom is 0.412 e. The van der Waals surface area contributed by atoms with Crippen molar-refractivity contribution in [3.05, 3.63) is 29.8 Å². The summed E-state index contributed by atoms with van der Waals surface area (Å²) in [6.07, 6.45) is -0.229. The molecule has 7 heteroatoms. The number of rotatable bonds is 4. The summed E-state index contributed by atoms with van der Waals surface area (Å²) in [5.41, 5.74) is 0.309. The van der Waals surface area contributed by atoms with Gasteiger partial charge in [0.1, 0.15) is 17.0 Å². The molecule has 0 bridgehead atoms. The van der Waals surface area contributed by atoms with Crippen LogP contribution in [0.4, 0.5) is 4.79 Å². The first-order valence-corrected chi connectivity index (χ1v) is 9.94. The van der Waals surface area contributed by atoms with E-state index >= 15 is 0 Å². The number of ketones is 1. The molecule has 0 spiro atoms.